The highest BCUT2D eigenvalue weighted by molar-refractivity contribution is 7.99. The lowest BCUT2D eigenvalue weighted by Gasteiger charge is -2.09. The molecule has 0 saturated heterocycles. The van der Waals surface area contributed by atoms with Crippen LogP contribution in [0.2, 0.25) is 0 Å². The van der Waals surface area contributed by atoms with Crippen LogP contribution in [0.5, 0.6) is 0 Å². The lowest BCUT2D eigenvalue weighted by molar-refractivity contribution is -0.384. The van der Waals surface area contributed by atoms with Crippen molar-refractivity contribution in [3.8, 4) is 0 Å². The van der Waals surface area contributed by atoms with Crippen molar-refractivity contribution in [2.24, 2.45) is 0 Å². The average molecular weight is 392 g/mol. The van der Waals surface area contributed by atoms with Crippen molar-refractivity contribution in [1.82, 2.24) is 14.9 Å². The highest BCUT2D eigenvalue weighted by atomic mass is 32.2. The molecule has 0 spiro atoms. The number of carbonyl (C=O) groups is 1. The summed E-state index contributed by atoms with van der Waals surface area (Å²) in [7, 11) is 0. The van der Waals surface area contributed by atoms with E-state index in [0.717, 1.165) is 0 Å². The largest absolute Gasteiger partial charge is 0.350 e. The molecule has 0 radical (unpaired) electrons. The molecule has 1 N–H and O–H groups in total. The molecular formula is C17H14F2N4O3S. The van der Waals surface area contributed by atoms with Gasteiger partial charge in [-0.25, -0.2) is 4.98 Å². The van der Waals surface area contributed by atoms with E-state index in [1.807, 2.05) is 0 Å². The highest BCUT2D eigenvalue weighted by Crippen LogP contribution is 2.28. The van der Waals surface area contributed by atoms with E-state index < -0.39 is 10.7 Å². The van der Waals surface area contributed by atoms with E-state index in [4.69, 9.17) is 0 Å². The molecule has 7 nitrogen and oxygen atoms in total. The Bertz CT molecular complexity index is 976. The number of aromatic nitrogens is 2. The summed E-state index contributed by atoms with van der Waals surface area (Å²) in [4.78, 5) is 26.6. The molecule has 0 aliphatic carbocycles. The Morgan fingerprint density at radius 3 is 2.59 bits per heavy atom. The topological polar surface area (TPSA) is 90.1 Å². The van der Waals surface area contributed by atoms with E-state index in [1.165, 1.54) is 16.7 Å². The van der Waals surface area contributed by atoms with Gasteiger partial charge in [0.05, 0.1) is 16.0 Å². The van der Waals surface area contributed by atoms with Gasteiger partial charge in [0, 0.05) is 18.7 Å². The van der Waals surface area contributed by atoms with Gasteiger partial charge in [0.15, 0.2) is 5.16 Å². The standard InChI is InChI=1S/C17H14F2N4O3S/c18-16(19)27-17-21-13-3-1-2-4-14(13)22(17)10-15(24)20-9-11-5-7-12(8-6-11)23(25)26/h1-8,16H,9-10H2,(H,20,24). The Kier molecular flexibility index (Phi) is 5.65. The van der Waals surface area contributed by atoms with Gasteiger partial charge in [0.2, 0.25) is 5.91 Å². The smallest absolute Gasteiger partial charge is 0.291 e. The van der Waals surface area contributed by atoms with Gasteiger partial charge < -0.3 is 9.88 Å². The Morgan fingerprint density at radius 1 is 1.22 bits per heavy atom. The molecular weight excluding hydrogens is 378 g/mol. The van der Waals surface area contributed by atoms with Crippen LogP contribution in [0.3, 0.4) is 0 Å². The average Bonchev–Trinajstić information content (AvgIpc) is 2.97. The maximum absolute atomic E-state index is 12.8. The molecule has 0 aliphatic heterocycles. The van der Waals surface area contributed by atoms with Crippen LogP contribution in [0.1, 0.15) is 5.56 Å². The summed E-state index contributed by atoms with van der Waals surface area (Å²) in [5.74, 6) is -3.03. The summed E-state index contributed by atoms with van der Waals surface area (Å²) in [6.07, 6.45) is 0. The Morgan fingerprint density at radius 2 is 1.93 bits per heavy atom. The summed E-state index contributed by atoms with van der Waals surface area (Å²) in [6.45, 7) is 0.00330. The number of imidazole rings is 1. The number of nitro groups is 1. The second kappa shape index (κ2) is 8.12. The van der Waals surface area contributed by atoms with Crippen molar-refractivity contribution in [3.05, 3.63) is 64.2 Å². The third-order valence-corrected chi connectivity index (χ3v) is 4.45. The van der Waals surface area contributed by atoms with Crippen LogP contribution in [0.15, 0.2) is 53.7 Å². The number of nitro benzene ring substituents is 1. The van der Waals surface area contributed by atoms with Crippen molar-refractivity contribution in [3.63, 3.8) is 0 Å². The Hall–Kier alpha value is -3.01. The predicted molar refractivity (Wildman–Crippen MR) is 96.5 cm³/mol. The third kappa shape index (κ3) is 4.59. The SMILES string of the molecule is O=C(Cn1c(SC(F)F)nc2ccccc21)NCc1ccc([N+](=O)[O-])cc1. The molecule has 0 unspecified atom stereocenters. The minimum Gasteiger partial charge on any atom is -0.350 e. The number of rotatable bonds is 7. The lowest BCUT2D eigenvalue weighted by Crippen LogP contribution is -2.27. The number of hydrogen-bond donors (Lipinski definition) is 1. The predicted octanol–water partition coefficient (Wildman–Crippen LogP) is 3.58. The van der Waals surface area contributed by atoms with Gasteiger partial charge in [0.25, 0.3) is 11.4 Å². The summed E-state index contributed by atoms with van der Waals surface area (Å²) < 4.78 is 27.0. The summed E-state index contributed by atoms with van der Waals surface area (Å²) in [6, 6.07) is 12.7. The molecule has 10 heteroatoms. The second-order valence-corrected chi connectivity index (χ2v) is 6.51. The number of amides is 1. The van der Waals surface area contributed by atoms with Gasteiger partial charge in [-0.2, -0.15) is 8.78 Å². The first-order valence-electron chi connectivity index (χ1n) is 7.84. The van der Waals surface area contributed by atoms with E-state index >= 15 is 0 Å². The fraction of sp³-hybridized carbons (Fsp3) is 0.176. The van der Waals surface area contributed by atoms with E-state index in [-0.39, 0.29) is 41.6 Å². The van der Waals surface area contributed by atoms with E-state index in [2.05, 4.69) is 10.3 Å². The first kappa shape index (κ1) is 18.8. The maximum atomic E-state index is 12.8. The Labute approximate surface area is 156 Å². The summed E-state index contributed by atoms with van der Waals surface area (Å²) in [5.41, 5.74) is 1.77. The van der Waals surface area contributed by atoms with Gasteiger partial charge in [-0.3, -0.25) is 14.9 Å². The molecule has 3 rings (SSSR count). The van der Waals surface area contributed by atoms with Gasteiger partial charge >= 0.3 is 0 Å². The minimum atomic E-state index is -2.65. The third-order valence-electron chi connectivity index (χ3n) is 3.75. The molecule has 0 aliphatic rings. The summed E-state index contributed by atoms with van der Waals surface area (Å²) >= 11 is 0.286. The zero-order chi connectivity index (χ0) is 19.4. The van der Waals surface area contributed by atoms with Crippen molar-refractivity contribution in [1.29, 1.82) is 0 Å². The maximum Gasteiger partial charge on any atom is 0.291 e. The molecule has 1 aromatic heterocycles. The van der Waals surface area contributed by atoms with Crippen LogP contribution in [0.25, 0.3) is 11.0 Å². The molecule has 27 heavy (non-hydrogen) atoms. The van der Waals surface area contributed by atoms with Crippen molar-refractivity contribution in [2.45, 2.75) is 24.0 Å². The van der Waals surface area contributed by atoms with Crippen LogP contribution in [0.4, 0.5) is 14.5 Å². The molecule has 140 valence electrons. The molecule has 0 fully saturated rings. The number of nitrogens with zero attached hydrogens (tertiary/aromatic N) is 3. The number of hydrogen-bond acceptors (Lipinski definition) is 5. The number of benzene rings is 2. The molecule has 1 heterocycles. The number of nitrogens with one attached hydrogen (secondary N) is 1. The number of fused-ring (bicyclic) bond motifs is 1. The van der Waals surface area contributed by atoms with Crippen LogP contribution in [0, 0.1) is 10.1 Å². The van der Waals surface area contributed by atoms with Gasteiger partial charge in [0.1, 0.15) is 6.54 Å². The van der Waals surface area contributed by atoms with Crippen molar-refractivity contribution < 1.29 is 18.5 Å². The summed E-state index contributed by atoms with van der Waals surface area (Å²) in [5, 5.41) is 13.4. The zero-order valence-corrected chi connectivity index (χ0v) is 14.7. The molecule has 1 amide bonds. The first-order chi connectivity index (χ1) is 12.9. The van der Waals surface area contributed by atoms with Crippen LogP contribution in [-0.4, -0.2) is 26.1 Å². The second-order valence-electron chi connectivity index (χ2n) is 5.55. The lowest BCUT2D eigenvalue weighted by atomic mass is 10.2. The number of halogens is 2. The molecule has 0 saturated carbocycles. The monoisotopic (exact) mass is 392 g/mol. The van der Waals surface area contributed by atoms with E-state index in [0.29, 0.717) is 16.6 Å². The quantitative estimate of drug-likeness (QED) is 0.377. The fourth-order valence-electron chi connectivity index (χ4n) is 2.51. The van der Waals surface area contributed by atoms with Gasteiger partial charge in [-0.15, -0.1) is 0 Å². The van der Waals surface area contributed by atoms with Crippen LogP contribution < -0.4 is 5.32 Å². The number of para-hydroxylation sites is 2. The molecule has 0 atom stereocenters. The van der Waals surface area contributed by atoms with Crippen molar-refractivity contribution >= 4 is 34.4 Å². The molecule has 3 aromatic rings. The van der Waals surface area contributed by atoms with Crippen molar-refractivity contribution in [2.75, 3.05) is 0 Å². The normalized spacial score (nSPS) is 11.1. The fourth-order valence-corrected chi connectivity index (χ4v) is 3.11. The van der Waals surface area contributed by atoms with Gasteiger partial charge in [-0.1, -0.05) is 24.3 Å². The van der Waals surface area contributed by atoms with Crippen LogP contribution >= 0.6 is 11.8 Å². The van der Waals surface area contributed by atoms with E-state index in [1.54, 1.807) is 36.4 Å². The minimum absolute atomic E-state index is 0.0383. The number of alkyl halides is 2. The Balaban J connectivity index is 1.71. The number of carbonyl (C=O) groups excluding carboxylic acids is 1. The first-order valence-corrected chi connectivity index (χ1v) is 8.72. The van der Waals surface area contributed by atoms with E-state index in [9.17, 15) is 23.7 Å². The number of thioether (sulfide) groups is 1. The van der Waals surface area contributed by atoms with Crippen LogP contribution in [-0.2, 0) is 17.9 Å². The zero-order valence-electron chi connectivity index (χ0n) is 13.8. The molecule has 0 bridgehead atoms. The highest BCUT2D eigenvalue weighted by Gasteiger charge is 2.17. The molecule has 2 aromatic carbocycles. The van der Waals surface area contributed by atoms with Gasteiger partial charge in [-0.05, 0) is 29.5 Å². The number of non-ortho nitro benzene ring substituents is 1.